The number of hydrogen-bond donors (Lipinski definition) is 1. The quantitative estimate of drug-likeness (QED) is 0.903. The van der Waals surface area contributed by atoms with Crippen LogP contribution in [0.4, 0.5) is 0 Å². The van der Waals surface area contributed by atoms with Crippen molar-refractivity contribution in [3.63, 3.8) is 0 Å². The first-order chi connectivity index (χ1) is 10.8. The van der Waals surface area contributed by atoms with Gasteiger partial charge in [0, 0.05) is 30.5 Å². The summed E-state index contributed by atoms with van der Waals surface area (Å²) in [6.07, 6.45) is 8.06. The maximum Gasteiger partial charge on any atom is 0.226 e. The van der Waals surface area contributed by atoms with Gasteiger partial charge in [-0.2, -0.15) is 0 Å². The Balaban J connectivity index is 0.00000156. The van der Waals surface area contributed by atoms with E-state index in [9.17, 15) is 4.79 Å². The lowest BCUT2D eigenvalue weighted by Crippen LogP contribution is -2.48. The normalized spacial score (nSPS) is 32.1. The molecule has 2 aliphatic carbocycles. The molecule has 2 N–H and O–H groups in total. The van der Waals surface area contributed by atoms with Gasteiger partial charge in [0.2, 0.25) is 5.91 Å². The van der Waals surface area contributed by atoms with Crippen molar-refractivity contribution >= 4 is 18.3 Å². The van der Waals surface area contributed by atoms with Crippen LogP contribution in [0.2, 0.25) is 0 Å². The largest absolute Gasteiger partial charge is 0.338 e. The molecule has 1 saturated heterocycles. The summed E-state index contributed by atoms with van der Waals surface area (Å²) in [6.45, 7) is 1.52. The monoisotopic (exact) mass is 334 g/mol. The first-order valence-electron chi connectivity index (χ1n) is 8.85. The second-order valence-electron chi connectivity index (χ2n) is 7.34. The summed E-state index contributed by atoms with van der Waals surface area (Å²) >= 11 is 0. The lowest BCUT2D eigenvalue weighted by molar-refractivity contribution is -0.136. The number of fused-ring (bicyclic) bond motifs is 2. The molecule has 1 heterocycles. The number of likely N-dealkylation sites (tertiary alicyclic amines) is 1. The molecule has 0 aromatic heterocycles. The highest BCUT2D eigenvalue weighted by Crippen LogP contribution is 2.61. The van der Waals surface area contributed by atoms with Gasteiger partial charge in [-0.05, 0) is 56.1 Å². The van der Waals surface area contributed by atoms with Crippen LogP contribution < -0.4 is 5.73 Å². The standard InChI is InChI=1S/C19H26N2O.ClH/c20-13-15-8-3-4-11-21(15)18(22)17-12-19(17)10-5-7-14-6-1-2-9-16(14)19;/h1-2,6,9,15,17H,3-5,7-8,10-13,20H2;1H. The predicted molar refractivity (Wildman–Crippen MR) is 94.8 cm³/mol. The van der Waals surface area contributed by atoms with Crippen LogP contribution >= 0.6 is 12.4 Å². The first kappa shape index (κ1) is 16.8. The fraction of sp³-hybridized carbons (Fsp3) is 0.632. The van der Waals surface area contributed by atoms with Crippen molar-refractivity contribution in [1.82, 2.24) is 4.90 Å². The number of carbonyl (C=O) groups excluding carboxylic acids is 1. The third-order valence-electron chi connectivity index (χ3n) is 6.18. The molecule has 0 bridgehead atoms. The van der Waals surface area contributed by atoms with Crippen molar-refractivity contribution in [2.45, 2.75) is 56.4 Å². The number of halogens is 1. The van der Waals surface area contributed by atoms with Gasteiger partial charge in [-0.15, -0.1) is 12.4 Å². The minimum atomic E-state index is 0. The van der Waals surface area contributed by atoms with Crippen LogP contribution in [-0.4, -0.2) is 29.9 Å². The highest BCUT2D eigenvalue weighted by molar-refractivity contribution is 5.85. The topological polar surface area (TPSA) is 46.3 Å². The minimum absolute atomic E-state index is 0. The number of rotatable bonds is 2. The van der Waals surface area contributed by atoms with Crippen molar-refractivity contribution in [2.75, 3.05) is 13.1 Å². The van der Waals surface area contributed by atoms with Gasteiger partial charge in [0.05, 0.1) is 0 Å². The van der Waals surface area contributed by atoms with Gasteiger partial charge >= 0.3 is 0 Å². The molecule has 23 heavy (non-hydrogen) atoms. The first-order valence-corrected chi connectivity index (χ1v) is 8.85. The highest BCUT2D eigenvalue weighted by atomic mass is 35.5. The number of piperidine rings is 1. The minimum Gasteiger partial charge on any atom is -0.338 e. The van der Waals surface area contributed by atoms with E-state index < -0.39 is 0 Å². The number of nitrogens with two attached hydrogens (primary N) is 1. The second-order valence-corrected chi connectivity index (χ2v) is 7.34. The summed E-state index contributed by atoms with van der Waals surface area (Å²) < 4.78 is 0. The average Bonchev–Trinajstić information content (AvgIpc) is 3.29. The Morgan fingerprint density at radius 3 is 2.91 bits per heavy atom. The summed E-state index contributed by atoms with van der Waals surface area (Å²) in [5.74, 6) is 0.591. The third kappa shape index (κ3) is 2.68. The van der Waals surface area contributed by atoms with E-state index in [2.05, 4.69) is 29.2 Å². The van der Waals surface area contributed by atoms with Gasteiger partial charge in [-0.1, -0.05) is 24.3 Å². The van der Waals surface area contributed by atoms with E-state index in [1.165, 1.54) is 36.8 Å². The van der Waals surface area contributed by atoms with E-state index in [0.29, 0.717) is 12.5 Å². The van der Waals surface area contributed by atoms with Gasteiger partial charge in [0.25, 0.3) is 0 Å². The van der Waals surface area contributed by atoms with Crippen molar-refractivity contribution in [3.05, 3.63) is 35.4 Å². The highest BCUT2D eigenvalue weighted by Gasteiger charge is 2.61. The summed E-state index contributed by atoms with van der Waals surface area (Å²) in [6, 6.07) is 9.05. The molecule has 126 valence electrons. The predicted octanol–water partition coefficient (Wildman–Crippen LogP) is 3.04. The fourth-order valence-corrected chi connectivity index (χ4v) is 4.89. The Morgan fingerprint density at radius 1 is 1.26 bits per heavy atom. The second kappa shape index (κ2) is 6.45. The number of amides is 1. The van der Waals surface area contributed by atoms with Crippen LogP contribution in [-0.2, 0) is 16.6 Å². The van der Waals surface area contributed by atoms with Crippen molar-refractivity contribution in [2.24, 2.45) is 11.7 Å². The molecule has 3 nitrogen and oxygen atoms in total. The maximum atomic E-state index is 13.1. The number of aryl methyl sites for hydroxylation is 1. The fourth-order valence-electron chi connectivity index (χ4n) is 4.89. The molecule has 1 spiro atoms. The lowest BCUT2D eigenvalue weighted by Gasteiger charge is -2.36. The Bertz CT molecular complexity index is 590. The molecule has 1 saturated carbocycles. The number of benzene rings is 1. The molecule has 2 fully saturated rings. The molecular formula is C19H27ClN2O. The molecule has 1 amide bonds. The molecule has 3 atom stereocenters. The maximum absolute atomic E-state index is 13.1. The summed E-state index contributed by atoms with van der Waals surface area (Å²) in [7, 11) is 0. The molecule has 3 unspecified atom stereocenters. The average molecular weight is 335 g/mol. The van der Waals surface area contributed by atoms with Crippen LogP contribution in [0.5, 0.6) is 0 Å². The Hall–Kier alpha value is -1.06. The third-order valence-corrected chi connectivity index (χ3v) is 6.18. The van der Waals surface area contributed by atoms with Gasteiger partial charge in [-0.3, -0.25) is 4.79 Å². The van der Waals surface area contributed by atoms with E-state index in [4.69, 9.17) is 5.73 Å². The molecule has 1 aromatic carbocycles. The molecule has 4 heteroatoms. The van der Waals surface area contributed by atoms with Crippen LogP contribution in [0, 0.1) is 5.92 Å². The molecule has 1 aromatic rings. The zero-order chi connectivity index (χ0) is 15.2. The van der Waals surface area contributed by atoms with E-state index in [0.717, 1.165) is 25.8 Å². The Labute approximate surface area is 145 Å². The number of carbonyl (C=O) groups is 1. The van der Waals surface area contributed by atoms with E-state index in [-0.39, 0.29) is 29.8 Å². The molecule has 3 aliphatic rings. The van der Waals surface area contributed by atoms with E-state index in [1.807, 2.05) is 0 Å². The SMILES string of the molecule is Cl.NCC1CCCCN1C(=O)C1CC12CCCc1ccccc12. The van der Waals surface area contributed by atoms with Crippen molar-refractivity contribution < 1.29 is 4.79 Å². The molecule has 4 rings (SSSR count). The van der Waals surface area contributed by atoms with Gasteiger partial charge < -0.3 is 10.6 Å². The molecule has 1 aliphatic heterocycles. The Kier molecular flexibility index (Phi) is 4.70. The summed E-state index contributed by atoms with van der Waals surface area (Å²) in [5.41, 5.74) is 8.99. The summed E-state index contributed by atoms with van der Waals surface area (Å²) in [5, 5.41) is 0. The van der Waals surface area contributed by atoms with E-state index in [1.54, 1.807) is 0 Å². The van der Waals surface area contributed by atoms with Crippen LogP contribution in [0.1, 0.15) is 49.7 Å². The molecular weight excluding hydrogens is 308 g/mol. The van der Waals surface area contributed by atoms with Gasteiger partial charge in [0.1, 0.15) is 0 Å². The van der Waals surface area contributed by atoms with Crippen LogP contribution in [0.25, 0.3) is 0 Å². The lowest BCUT2D eigenvalue weighted by atomic mass is 9.78. The van der Waals surface area contributed by atoms with Crippen molar-refractivity contribution in [1.29, 1.82) is 0 Å². The zero-order valence-electron chi connectivity index (χ0n) is 13.7. The number of nitrogens with zero attached hydrogens (tertiary/aromatic N) is 1. The zero-order valence-corrected chi connectivity index (χ0v) is 14.5. The number of hydrogen-bond acceptors (Lipinski definition) is 2. The van der Waals surface area contributed by atoms with Crippen molar-refractivity contribution in [3.8, 4) is 0 Å². The van der Waals surface area contributed by atoms with Gasteiger partial charge in [0.15, 0.2) is 0 Å². The Morgan fingerprint density at radius 2 is 2.09 bits per heavy atom. The van der Waals surface area contributed by atoms with Crippen LogP contribution in [0.15, 0.2) is 24.3 Å². The van der Waals surface area contributed by atoms with Crippen LogP contribution in [0.3, 0.4) is 0 Å². The summed E-state index contributed by atoms with van der Waals surface area (Å²) in [4.78, 5) is 15.2. The molecule has 0 radical (unpaired) electrons. The smallest absolute Gasteiger partial charge is 0.226 e. The van der Waals surface area contributed by atoms with Gasteiger partial charge in [-0.25, -0.2) is 0 Å². The van der Waals surface area contributed by atoms with E-state index >= 15 is 0 Å².